The van der Waals surface area contributed by atoms with Gasteiger partial charge in [-0.3, -0.25) is 10.00 Å². The molecule has 0 unspecified atom stereocenters. The van der Waals surface area contributed by atoms with Crippen LogP contribution in [0.5, 0.6) is 11.5 Å². The summed E-state index contributed by atoms with van der Waals surface area (Å²) in [6.07, 6.45) is 4.75. The Labute approximate surface area is 169 Å². The van der Waals surface area contributed by atoms with E-state index in [1.165, 1.54) is 11.3 Å². The quantitative estimate of drug-likeness (QED) is 0.690. The van der Waals surface area contributed by atoms with Gasteiger partial charge in [-0.15, -0.1) is 0 Å². The smallest absolute Gasteiger partial charge is 0.231 e. The predicted molar refractivity (Wildman–Crippen MR) is 109 cm³/mol. The summed E-state index contributed by atoms with van der Waals surface area (Å²) in [5.41, 5.74) is 5.59. The molecular formula is C21H24N6O2. The Morgan fingerprint density at radius 3 is 2.83 bits per heavy atom. The molecule has 0 spiro atoms. The number of fused-ring (bicyclic) bond motifs is 2. The first-order valence-corrected chi connectivity index (χ1v) is 9.91. The van der Waals surface area contributed by atoms with E-state index in [1.54, 1.807) is 0 Å². The van der Waals surface area contributed by atoms with E-state index in [1.807, 2.05) is 30.6 Å². The van der Waals surface area contributed by atoms with Gasteiger partial charge in [0.2, 0.25) is 12.7 Å². The van der Waals surface area contributed by atoms with Crippen molar-refractivity contribution in [2.75, 3.05) is 18.7 Å². The summed E-state index contributed by atoms with van der Waals surface area (Å²) in [7, 11) is 0. The minimum absolute atomic E-state index is 0.277. The molecular weight excluding hydrogens is 368 g/mol. The summed E-state index contributed by atoms with van der Waals surface area (Å²) in [5.74, 6) is 2.24. The molecule has 2 N–H and O–H groups in total. The van der Waals surface area contributed by atoms with Crippen LogP contribution in [0.15, 0.2) is 30.6 Å². The number of ether oxygens (including phenoxy) is 2. The second-order valence-corrected chi connectivity index (χ2v) is 7.77. The van der Waals surface area contributed by atoms with E-state index in [9.17, 15) is 0 Å². The average Bonchev–Trinajstić information content (AvgIpc) is 3.35. The highest BCUT2D eigenvalue weighted by molar-refractivity contribution is 5.68. The van der Waals surface area contributed by atoms with Crippen molar-refractivity contribution in [1.29, 1.82) is 0 Å². The lowest BCUT2D eigenvalue weighted by atomic mass is 10.0. The normalized spacial score (nSPS) is 15.6. The fraction of sp³-hybridized carbons (Fsp3) is 0.381. The number of benzene rings is 1. The van der Waals surface area contributed by atoms with Gasteiger partial charge < -0.3 is 14.8 Å². The van der Waals surface area contributed by atoms with E-state index in [0.29, 0.717) is 12.0 Å². The number of aromatic nitrogens is 4. The fourth-order valence-electron chi connectivity index (χ4n) is 3.80. The molecule has 8 nitrogen and oxygen atoms in total. The van der Waals surface area contributed by atoms with E-state index in [-0.39, 0.29) is 6.79 Å². The molecule has 0 bridgehead atoms. The first-order valence-electron chi connectivity index (χ1n) is 9.91. The van der Waals surface area contributed by atoms with Gasteiger partial charge in [0.15, 0.2) is 11.5 Å². The van der Waals surface area contributed by atoms with E-state index in [2.05, 4.69) is 44.2 Å². The number of hydrogen-bond donors (Lipinski definition) is 2. The van der Waals surface area contributed by atoms with E-state index < -0.39 is 0 Å². The van der Waals surface area contributed by atoms with Crippen molar-refractivity contribution < 1.29 is 9.47 Å². The molecule has 0 amide bonds. The number of anilines is 1. The van der Waals surface area contributed by atoms with Gasteiger partial charge in [0, 0.05) is 66.9 Å². The third kappa shape index (κ3) is 3.63. The lowest BCUT2D eigenvalue weighted by Gasteiger charge is -2.27. The Balaban J connectivity index is 1.32. The Bertz CT molecular complexity index is 1010. The van der Waals surface area contributed by atoms with E-state index >= 15 is 0 Å². The highest BCUT2D eigenvalue weighted by atomic mass is 16.7. The minimum Gasteiger partial charge on any atom is -0.454 e. The molecule has 0 fully saturated rings. The van der Waals surface area contributed by atoms with Crippen LogP contribution in [0.25, 0.3) is 11.3 Å². The summed E-state index contributed by atoms with van der Waals surface area (Å²) < 4.78 is 10.9. The molecule has 1 aromatic carbocycles. The summed E-state index contributed by atoms with van der Waals surface area (Å²) in [6.45, 7) is 7.05. The van der Waals surface area contributed by atoms with Crippen LogP contribution in [0.3, 0.4) is 0 Å². The molecule has 0 saturated carbocycles. The van der Waals surface area contributed by atoms with Gasteiger partial charge in [-0.25, -0.2) is 9.97 Å². The fourth-order valence-corrected chi connectivity index (χ4v) is 3.80. The molecule has 2 aliphatic rings. The van der Waals surface area contributed by atoms with Crippen molar-refractivity contribution in [2.45, 2.75) is 39.4 Å². The Kier molecular flexibility index (Phi) is 4.55. The largest absolute Gasteiger partial charge is 0.454 e. The molecule has 8 heteroatoms. The zero-order chi connectivity index (χ0) is 19.8. The Hall–Kier alpha value is -3.13. The standard InChI is InChI=1S/C21H24N6O2/c1-13(2)24-21-22-8-14(9-23-21)10-27-6-5-17-16(11-27)20(26-25-17)15-3-4-18-19(7-15)29-12-28-18/h3-4,7-9,13H,5-6,10-12H2,1-2H3,(H,25,26)(H,22,23,24). The van der Waals surface area contributed by atoms with Crippen molar-refractivity contribution in [2.24, 2.45) is 0 Å². The zero-order valence-electron chi connectivity index (χ0n) is 16.6. The molecule has 2 aromatic heterocycles. The molecule has 150 valence electrons. The molecule has 0 radical (unpaired) electrons. The molecule has 5 rings (SSSR count). The van der Waals surface area contributed by atoms with Gasteiger partial charge in [-0.1, -0.05) is 0 Å². The zero-order valence-corrected chi connectivity index (χ0v) is 16.6. The van der Waals surface area contributed by atoms with Gasteiger partial charge in [-0.05, 0) is 32.0 Å². The molecule has 3 aromatic rings. The molecule has 0 aliphatic carbocycles. The van der Waals surface area contributed by atoms with E-state index in [0.717, 1.165) is 54.4 Å². The lowest BCUT2D eigenvalue weighted by Crippen LogP contribution is -2.30. The maximum Gasteiger partial charge on any atom is 0.231 e. The number of nitrogens with one attached hydrogen (secondary N) is 2. The molecule has 0 atom stereocenters. The first kappa shape index (κ1) is 17.9. The number of nitrogens with zero attached hydrogens (tertiary/aromatic N) is 4. The van der Waals surface area contributed by atoms with Crippen molar-refractivity contribution in [3.05, 3.63) is 47.4 Å². The predicted octanol–water partition coefficient (Wildman–Crippen LogP) is 2.97. The number of hydrogen-bond acceptors (Lipinski definition) is 7. The number of H-pyrrole nitrogens is 1. The lowest BCUT2D eigenvalue weighted by molar-refractivity contribution is 0.174. The summed E-state index contributed by atoms with van der Waals surface area (Å²) in [6, 6.07) is 6.31. The van der Waals surface area contributed by atoms with Gasteiger partial charge >= 0.3 is 0 Å². The minimum atomic E-state index is 0.277. The van der Waals surface area contributed by atoms with Crippen molar-refractivity contribution in [1.82, 2.24) is 25.1 Å². The number of rotatable bonds is 5. The van der Waals surface area contributed by atoms with Crippen molar-refractivity contribution >= 4 is 5.95 Å². The number of aromatic amines is 1. The maximum absolute atomic E-state index is 5.53. The summed E-state index contributed by atoms with van der Waals surface area (Å²) >= 11 is 0. The van der Waals surface area contributed by atoms with Gasteiger partial charge in [0.25, 0.3) is 0 Å². The molecule has 0 saturated heterocycles. The van der Waals surface area contributed by atoms with Gasteiger partial charge in [0.1, 0.15) is 0 Å². The van der Waals surface area contributed by atoms with Crippen LogP contribution < -0.4 is 14.8 Å². The molecule has 29 heavy (non-hydrogen) atoms. The monoisotopic (exact) mass is 392 g/mol. The molecule has 4 heterocycles. The second-order valence-electron chi connectivity index (χ2n) is 7.77. The van der Waals surface area contributed by atoms with Crippen LogP contribution >= 0.6 is 0 Å². The van der Waals surface area contributed by atoms with Crippen LogP contribution in [-0.2, 0) is 19.5 Å². The van der Waals surface area contributed by atoms with Crippen molar-refractivity contribution in [3.63, 3.8) is 0 Å². The van der Waals surface area contributed by atoms with Crippen LogP contribution in [0.1, 0.15) is 30.7 Å². The maximum atomic E-state index is 5.53. The van der Waals surface area contributed by atoms with Crippen LogP contribution in [0, 0.1) is 0 Å². The molecule has 2 aliphatic heterocycles. The average molecular weight is 392 g/mol. The van der Waals surface area contributed by atoms with Crippen LogP contribution in [0.2, 0.25) is 0 Å². The third-order valence-electron chi connectivity index (χ3n) is 5.19. The Morgan fingerprint density at radius 2 is 2.00 bits per heavy atom. The summed E-state index contributed by atoms with van der Waals surface area (Å²) in [5, 5.41) is 11.0. The highest BCUT2D eigenvalue weighted by Crippen LogP contribution is 2.37. The Morgan fingerprint density at radius 1 is 1.17 bits per heavy atom. The van der Waals surface area contributed by atoms with E-state index in [4.69, 9.17) is 9.47 Å². The first-order chi connectivity index (χ1) is 14.2. The third-order valence-corrected chi connectivity index (χ3v) is 5.19. The SMILES string of the molecule is CC(C)Nc1ncc(CN2CCc3[nH]nc(-c4ccc5c(c4)OCO5)c3C2)cn1. The van der Waals surface area contributed by atoms with Crippen LogP contribution in [0.4, 0.5) is 5.95 Å². The van der Waals surface area contributed by atoms with Crippen LogP contribution in [-0.4, -0.2) is 44.4 Å². The van der Waals surface area contributed by atoms with Gasteiger partial charge in [0.05, 0.1) is 5.69 Å². The highest BCUT2D eigenvalue weighted by Gasteiger charge is 2.24. The summed E-state index contributed by atoms with van der Waals surface area (Å²) in [4.78, 5) is 11.3. The van der Waals surface area contributed by atoms with Crippen molar-refractivity contribution in [3.8, 4) is 22.8 Å². The topological polar surface area (TPSA) is 88.2 Å². The second kappa shape index (κ2) is 7.36. The van der Waals surface area contributed by atoms with Gasteiger partial charge in [-0.2, -0.15) is 5.10 Å².